The molecule has 1 aromatic carbocycles. The topological polar surface area (TPSA) is 37.3 Å². The first-order valence-electron chi connectivity index (χ1n) is 4.55. The number of carboxylic acids is 1. The molecule has 1 rings (SSSR count). The second kappa shape index (κ2) is 4.22. The Labute approximate surface area is 82.4 Å². The van der Waals surface area contributed by atoms with E-state index in [-0.39, 0.29) is 5.56 Å². The first kappa shape index (κ1) is 10.7. The maximum atomic E-state index is 13.4. The van der Waals surface area contributed by atoms with Crippen molar-refractivity contribution in [1.29, 1.82) is 0 Å². The quantitative estimate of drug-likeness (QED) is 0.807. The zero-order chi connectivity index (χ0) is 10.7. The van der Waals surface area contributed by atoms with Crippen LogP contribution >= 0.6 is 0 Å². The van der Waals surface area contributed by atoms with Gasteiger partial charge in [0.05, 0.1) is 5.92 Å². The van der Waals surface area contributed by atoms with E-state index in [4.69, 9.17) is 5.11 Å². The zero-order valence-corrected chi connectivity index (χ0v) is 8.25. The molecule has 0 saturated carbocycles. The van der Waals surface area contributed by atoms with Gasteiger partial charge in [-0.25, -0.2) is 4.39 Å². The van der Waals surface area contributed by atoms with E-state index in [1.54, 1.807) is 26.0 Å². The van der Waals surface area contributed by atoms with Crippen molar-refractivity contribution in [3.05, 3.63) is 35.1 Å². The molecule has 1 unspecified atom stereocenters. The molecule has 0 aliphatic carbocycles. The van der Waals surface area contributed by atoms with Crippen molar-refractivity contribution in [2.75, 3.05) is 0 Å². The first-order chi connectivity index (χ1) is 6.56. The van der Waals surface area contributed by atoms with Crippen LogP contribution in [0.3, 0.4) is 0 Å². The molecule has 1 aromatic rings. The Bertz CT molecular complexity index is 347. The number of rotatable bonds is 3. The Morgan fingerprint density at radius 1 is 1.57 bits per heavy atom. The summed E-state index contributed by atoms with van der Waals surface area (Å²) in [5, 5.41) is 8.85. The van der Waals surface area contributed by atoms with Crippen molar-refractivity contribution in [3.63, 3.8) is 0 Å². The lowest BCUT2D eigenvalue weighted by atomic mass is 9.95. The molecule has 14 heavy (non-hydrogen) atoms. The number of hydrogen-bond donors (Lipinski definition) is 1. The van der Waals surface area contributed by atoms with Crippen LogP contribution in [0.4, 0.5) is 4.39 Å². The first-order valence-corrected chi connectivity index (χ1v) is 4.55. The Balaban J connectivity index is 3.10. The lowest BCUT2D eigenvalue weighted by Crippen LogP contribution is -2.12. The second-order valence-electron chi connectivity index (χ2n) is 3.32. The Morgan fingerprint density at radius 2 is 2.21 bits per heavy atom. The predicted octanol–water partition coefficient (Wildman–Crippen LogP) is 2.71. The second-order valence-corrected chi connectivity index (χ2v) is 3.32. The molecule has 0 heterocycles. The third kappa shape index (κ3) is 2.10. The van der Waals surface area contributed by atoms with Crippen molar-refractivity contribution in [2.45, 2.75) is 26.2 Å². The van der Waals surface area contributed by atoms with E-state index in [0.717, 1.165) is 5.56 Å². The third-order valence-corrected chi connectivity index (χ3v) is 2.24. The summed E-state index contributed by atoms with van der Waals surface area (Å²) in [6.45, 7) is 3.51. The average molecular weight is 196 g/mol. The van der Waals surface area contributed by atoms with Crippen molar-refractivity contribution in [3.8, 4) is 0 Å². The average Bonchev–Trinajstić information content (AvgIpc) is 2.09. The third-order valence-electron chi connectivity index (χ3n) is 2.24. The van der Waals surface area contributed by atoms with E-state index >= 15 is 0 Å². The van der Waals surface area contributed by atoms with E-state index in [2.05, 4.69) is 0 Å². The molecule has 0 saturated heterocycles. The number of halogens is 1. The van der Waals surface area contributed by atoms with Crippen molar-refractivity contribution < 1.29 is 14.3 Å². The molecule has 0 radical (unpaired) electrons. The van der Waals surface area contributed by atoms with Gasteiger partial charge in [0.1, 0.15) is 5.82 Å². The van der Waals surface area contributed by atoms with E-state index in [1.165, 1.54) is 6.07 Å². The van der Waals surface area contributed by atoms with Crippen LogP contribution in [0.5, 0.6) is 0 Å². The Kier molecular flexibility index (Phi) is 3.23. The molecule has 3 heteroatoms. The summed E-state index contributed by atoms with van der Waals surface area (Å²) in [6, 6.07) is 4.64. The van der Waals surface area contributed by atoms with Crippen LogP contribution in [0.2, 0.25) is 0 Å². The van der Waals surface area contributed by atoms with Crippen LogP contribution in [0.25, 0.3) is 0 Å². The SMILES string of the molecule is CCC(C(=O)O)c1ccc(C)cc1F. The van der Waals surface area contributed by atoms with Gasteiger partial charge in [-0.1, -0.05) is 19.1 Å². The monoisotopic (exact) mass is 196 g/mol. The lowest BCUT2D eigenvalue weighted by Gasteiger charge is -2.11. The van der Waals surface area contributed by atoms with Crippen molar-refractivity contribution in [1.82, 2.24) is 0 Å². The fourth-order valence-electron chi connectivity index (χ4n) is 1.44. The predicted molar refractivity (Wildman–Crippen MR) is 51.8 cm³/mol. The van der Waals surface area contributed by atoms with Crippen LogP contribution in [0, 0.1) is 12.7 Å². The Morgan fingerprint density at radius 3 is 2.64 bits per heavy atom. The number of aliphatic carboxylic acids is 1. The van der Waals surface area contributed by atoms with Gasteiger partial charge in [-0.3, -0.25) is 4.79 Å². The van der Waals surface area contributed by atoms with Crippen LogP contribution in [-0.4, -0.2) is 11.1 Å². The summed E-state index contributed by atoms with van der Waals surface area (Å²) in [5.74, 6) is -2.15. The standard InChI is InChI=1S/C11H13FO2/c1-3-8(11(13)14)9-5-4-7(2)6-10(9)12/h4-6,8H,3H2,1-2H3,(H,13,14). The molecule has 0 fully saturated rings. The molecule has 0 aromatic heterocycles. The number of hydrogen-bond acceptors (Lipinski definition) is 1. The van der Waals surface area contributed by atoms with E-state index in [1.807, 2.05) is 0 Å². The molecule has 0 amide bonds. The van der Waals surface area contributed by atoms with Crippen molar-refractivity contribution in [2.24, 2.45) is 0 Å². The van der Waals surface area contributed by atoms with Gasteiger partial charge in [0.2, 0.25) is 0 Å². The number of carbonyl (C=O) groups is 1. The molecule has 1 atom stereocenters. The summed E-state index contributed by atoms with van der Waals surface area (Å²) in [4.78, 5) is 10.8. The smallest absolute Gasteiger partial charge is 0.311 e. The summed E-state index contributed by atoms with van der Waals surface area (Å²) in [6.07, 6.45) is 0.398. The molecule has 0 bridgehead atoms. The van der Waals surface area contributed by atoms with E-state index in [9.17, 15) is 9.18 Å². The van der Waals surface area contributed by atoms with Crippen LogP contribution in [0.15, 0.2) is 18.2 Å². The van der Waals surface area contributed by atoms with E-state index < -0.39 is 17.7 Å². The van der Waals surface area contributed by atoms with Gasteiger partial charge in [0.25, 0.3) is 0 Å². The normalized spacial score (nSPS) is 12.5. The summed E-state index contributed by atoms with van der Waals surface area (Å²) >= 11 is 0. The number of aryl methyl sites for hydroxylation is 1. The van der Waals surface area contributed by atoms with Crippen LogP contribution in [-0.2, 0) is 4.79 Å². The van der Waals surface area contributed by atoms with Gasteiger partial charge < -0.3 is 5.11 Å². The molecule has 2 nitrogen and oxygen atoms in total. The summed E-state index contributed by atoms with van der Waals surface area (Å²) < 4.78 is 13.4. The summed E-state index contributed by atoms with van der Waals surface area (Å²) in [7, 11) is 0. The minimum absolute atomic E-state index is 0.269. The molecule has 1 N–H and O–H groups in total. The molecular weight excluding hydrogens is 183 g/mol. The van der Waals surface area contributed by atoms with E-state index in [0.29, 0.717) is 6.42 Å². The fraction of sp³-hybridized carbons (Fsp3) is 0.364. The Hall–Kier alpha value is -1.38. The lowest BCUT2D eigenvalue weighted by molar-refractivity contribution is -0.138. The highest BCUT2D eigenvalue weighted by atomic mass is 19.1. The van der Waals surface area contributed by atoms with Crippen LogP contribution in [0.1, 0.15) is 30.4 Å². The number of carboxylic acid groups (broad SMARTS) is 1. The van der Waals surface area contributed by atoms with Gasteiger partial charge in [0, 0.05) is 5.56 Å². The van der Waals surface area contributed by atoms with Crippen molar-refractivity contribution >= 4 is 5.97 Å². The molecular formula is C11H13FO2. The highest BCUT2D eigenvalue weighted by Gasteiger charge is 2.20. The maximum absolute atomic E-state index is 13.4. The largest absolute Gasteiger partial charge is 0.481 e. The summed E-state index contributed by atoms with van der Waals surface area (Å²) in [5.41, 5.74) is 1.07. The molecule has 0 aliphatic rings. The minimum Gasteiger partial charge on any atom is -0.481 e. The highest BCUT2D eigenvalue weighted by molar-refractivity contribution is 5.76. The molecule has 76 valence electrons. The van der Waals surface area contributed by atoms with Gasteiger partial charge >= 0.3 is 5.97 Å². The molecule has 0 spiro atoms. The van der Waals surface area contributed by atoms with Gasteiger partial charge in [-0.05, 0) is 25.0 Å². The fourth-order valence-corrected chi connectivity index (χ4v) is 1.44. The van der Waals surface area contributed by atoms with Crippen LogP contribution < -0.4 is 0 Å². The zero-order valence-electron chi connectivity index (χ0n) is 8.25. The van der Waals surface area contributed by atoms with Gasteiger partial charge in [-0.15, -0.1) is 0 Å². The van der Waals surface area contributed by atoms with Gasteiger partial charge in [0.15, 0.2) is 0 Å². The highest BCUT2D eigenvalue weighted by Crippen LogP contribution is 2.23. The van der Waals surface area contributed by atoms with Gasteiger partial charge in [-0.2, -0.15) is 0 Å². The maximum Gasteiger partial charge on any atom is 0.311 e. The molecule has 0 aliphatic heterocycles. The minimum atomic E-state index is -0.977. The number of benzene rings is 1.